The molecule has 1 amide bonds. The van der Waals surface area contributed by atoms with Crippen LogP contribution in [-0.4, -0.2) is 37.3 Å². The molecule has 0 saturated heterocycles. The molecule has 0 atom stereocenters. The van der Waals surface area contributed by atoms with Gasteiger partial charge in [0, 0.05) is 51.5 Å². The number of fused-ring (bicyclic) bond motifs is 2. The number of thioether (sulfide) groups is 1. The van der Waals surface area contributed by atoms with E-state index in [0.29, 0.717) is 40.3 Å². The normalized spacial score (nSPS) is 11.1. The van der Waals surface area contributed by atoms with Gasteiger partial charge in [-0.1, -0.05) is 48.0 Å². The van der Waals surface area contributed by atoms with Crippen molar-refractivity contribution in [1.29, 1.82) is 0 Å². The van der Waals surface area contributed by atoms with E-state index in [-0.39, 0.29) is 12.5 Å². The fraction of sp³-hybridized carbons (Fsp3) is 0.235. The van der Waals surface area contributed by atoms with Gasteiger partial charge in [-0.05, 0) is 69.7 Å². The number of amides is 1. The lowest BCUT2D eigenvalue weighted by Gasteiger charge is -2.14. The molecule has 0 fully saturated rings. The molecule has 5 aromatic rings. The van der Waals surface area contributed by atoms with Crippen molar-refractivity contribution in [2.24, 2.45) is 0 Å². The second kappa shape index (κ2) is 14.4. The molecule has 5 rings (SSSR count). The van der Waals surface area contributed by atoms with Gasteiger partial charge in [0.25, 0.3) is 0 Å². The topological polar surface area (TPSA) is 78.8 Å². The lowest BCUT2D eigenvalue weighted by atomic mass is 10.1. The number of hydrogen-bond acceptors (Lipinski definition) is 6. The summed E-state index contributed by atoms with van der Waals surface area (Å²) < 4.78 is 19.4. The van der Waals surface area contributed by atoms with Crippen molar-refractivity contribution in [2.45, 2.75) is 37.1 Å². The molecular weight excluding hydrogens is 664 g/mol. The quantitative estimate of drug-likeness (QED) is 0.0803. The molecule has 0 radical (unpaired) electrons. The maximum Gasteiger partial charge on any atom is 0.355 e. The zero-order chi connectivity index (χ0) is 31.2. The minimum Gasteiger partial charge on any atom is -0.497 e. The van der Waals surface area contributed by atoms with Crippen LogP contribution in [0.4, 0.5) is 0 Å². The second-order valence-corrected chi connectivity index (χ2v) is 12.4. The average Bonchev–Trinajstić information content (AvgIpc) is 3.36. The molecule has 228 valence electrons. The molecule has 0 spiro atoms. The van der Waals surface area contributed by atoms with Gasteiger partial charge in [0.2, 0.25) is 5.91 Å². The number of hydrogen-bond donors (Lipinski definition) is 1. The average molecular weight is 696 g/mol. The van der Waals surface area contributed by atoms with Crippen LogP contribution >= 0.6 is 39.3 Å². The molecule has 4 aromatic carbocycles. The van der Waals surface area contributed by atoms with Crippen LogP contribution in [0.1, 0.15) is 35.0 Å². The number of ether oxygens (including phenoxy) is 3. The van der Waals surface area contributed by atoms with Crippen LogP contribution in [0.15, 0.2) is 82.2 Å². The number of benzene rings is 4. The van der Waals surface area contributed by atoms with Crippen molar-refractivity contribution in [1.82, 2.24) is 9.88 Å². The molecule has 7 nitrogen and oxygen atoms in total. The van der Waals surface area contributed by atoms with Crippen LogP contribution in [-0.2, 0) is 28.4 Å². The van der Waals surface area contributed by atoms with Crippen LogP contribution in [0.5, 0.6) is 11.5 Å². The van der Waals surface area contributed by atoms with Crippen LogP contribution in [0.25, 0.3) is 21.7 Å². The maximum absolute atomic E-state index is 13.1. The van der Waals surface area contributed by atoms with E-state index in [9.17, 15) is 9.59 Å². The number of nitrogens with one attached hydrogen (secondary N) is 1. The van der Waals surface area contributed by atoms with Crippen LogP contribution in [0.3, 0.4) is 0 Å². The first kappa shape index (κ1) is 31.8. The molecule has 0 saturated carbocycles. The Balaban J connectivity index is 1.37. The second-order valence-electron chi connectivity index (χ2n) is 10.1. The zero-order valence-corrected chi connectivity index (χ0v) is 27.8. The summed E-state index contributed by atoms with van der Waals surface area (Å²) in [4.78, 5) is 25.9. The van der Waals surface area contributed by atoms with Gasteiger partial charge >= 0.3 is 5.97 Å². The van der Waals surface area contributed by atoms with E-state index >= 15 is 0 Å². The van der Waals surface area contributed by atoms with Crippen molar-refractivity contribution in [2.75, 3.05) is 20.8 Å². The highest BCUT2D eigenvalue weighted by Gasteiger charge is 2.25. The number of aromatic nitrogens is 1. The van der Waals surface area contributed by atoms with Gasteiger partial charge in [0.05, 0.1) is 31.4 Å². The standard InChI is InChI=1S/C34H32BrClN2O5S/c1-21(39)37-19-27-31-29(14-13-28(36)32(31)35)38(33(27)34(40)42-3)15-6-16-43-30-18-25(17-23-7-4-5-8-26(23)30)44-20-22-9-11-24(41-2)12-10-22/h4-5,7-14,17-18H,6,15-16,19-20H2,1-3H3,(H,37,39). The summed E-state index contributed by atoms with van der Waals surface area (Å²) in [6.07, 6.45) is 0.616. The van der Waals surface area contributed by atoms with Gasteiger partial charge in [0.15, 0.2) is 0 Å². The number of esters is 1. The molecule has 10 heteroatoms. The van der Waals surface area contributed by atoms with Gasteiger partial charge in [0.1, 0.15) is 17.2 Å². The van der Waals surface area contributed by atoms with Crippen molar-refractivity contribution in [3.05, 3.63) is 99.1 Å². The van der Waals surface area contributed by atoms with E-state index in [0.717, 1.165) is 43.8 Å². The molecule has 0 bridgehead atoms. The van der Waals surface area contributed by atoms with Gasteiger partial charge in [-0.15, -0.1) is 11.8 Å². The van der Waals surface area contributed by atoms with Crippen molar-refractivity contribution >= 4 is 72.8 Å². The summed E-state index contributed by atoms with van der Waals surface area (Å²) in [6.45, 7) is 2.50. The lowest BCUT2D eigenvalue weighted by molar-refractivity contribution is -0.119. The Morgan fingerprint density at radius 1 is 1.02 bits per heavy atom. The third-order valence-corrected chi connectivity index (χ3v) is 9.67. The minimum absolute atomic E-state index is 0.158. The Morgan fingerprint density at radius 2 is 1.80 bits per heavy atom. The summed E-state index contributed by atoms with van der Waals surface area (Å²) in [5, 5.41) is 6.24. The van der Waals surface area contributed by atoms with Gasteiger partial charge in [-0.25, -0.2) is 4.79 Å². The minimum atomic E-state index is -0.488. The highest BCUT2D eigenvalue weighted by molar-refractivity contribution is 9.10. The predicted molar refractivity (Wildman–Crippen MR) is 180 cm³/mol. The van der Waals surface area contributed by atoms with Gasteiger partial charge in [-0.3, -0.25) is 4.79 Å². The summed E-state index contributed by atoms with van der Waals surface area (Å²) in [7, 11) is 3.02. The van der Waals surface area contributed by atoms with Crippen molar-refractivity contribution in [3.8, 4) is 11.5 Å². The molecule has 1 heterocycles. The van der Waals surface area contributed by atoms with E-state index in [1.54, 1.807) is 24.9 Å². The number of carbonyl (C=O) groups is 2. The Labute approximate surface area is 273 Å². The van der Waals surface area contributed by atoms with Crippen molar-refractivity contribution < 1.29 is 23.8 Å². The highest BCUT2D eigenvalue weighted by Crippen LogP contribution is 2.38. The van der Waals surface area contributed by atoms with Gasteiger partial charge in [-0.2, -0.15) is 0 Å². The lowest BCUT2D eigenvalue weighted by Crippen LogP contribution is -2.22. The van der Waals surface area contributed by atoms with Crippen LogP contribution in [0, 0.1) is 0 Å². The summed E-state index contributed by atoms with van der Waals surface area (Å²) in [5.41, 5.74) is 3.04. The van der Waals surface area contributed by atoms with Crippen molar-refractivity contribution in [3.63, 3.8) is 0 Å². The number of aryl methyl sites for hydroxylation is 1. The first-order valence-electron chi connectivity index (χ1n) is 14.0. The largest absolute Gasteiger partial charge is 0.497 e. The Bertz CT molecular complexity index is 1820. The monoisotopic (exact) mass is 694 g/mol. The summed E-state index contributed by atoms with van der Waals surface area (Å²) in [6, 6.07) is 24.2. The summed E-state index contributed by atoms with van der Waals surface area (Å²) in [5.74, 6) is 1.78. The predicted octanol–water partition coefficient (Wildman–Crippen LogP) is 8.40. The molecule has 44 heavy (non-hydrogen) atoms. The fourth-order valence-corrected chi connectivity index (χ4v) is 6.81. The molecule has 0 unspecified atom stereocenters. The molecule has 0 aliphatic heterocycles. The number of methoxy groups -OCH3 is 2. The molecule has 0 aliphatic carbocycles. The van der Waals surface area contributed by atoms with E-state index in [2.05, 4.69) is 57.6 Å². The smallest absolute Gasteiger partial charge is 0.355 e. The zero-order valence-electron chi connectivity index (χ0n) is 24.6. The van der Waals surface area contributed by atoms with E-state index < -0.39 is 5.97 Å². The molecule has 1 aromatic heterocycles. The van der Waals surface area contributed by atoms with Crippen LogP contribution < -0.4 is 14.8 Å². The van der Waals surface area contributed by atoms with Gasteiger partial charge < -0.3 is 24.1 Å². The molecule has 1 N–H and O–H groups in total. The highest BCUT2D eigenvalue weighted by atomic mass is 79.9. The third-order valence-electron chi connectivity index (χ3n) is 7.26. The fourth-order valence-electron chi connectivity index (χ4n) is 5.15. The van der Waals surface area contributed by atoms with Crippen LogP contribution in [0.2, 0.25) is 5.02 Å². The maximum atomic E-state index is 13.1. The number of rotatable bonds is 12. The summed E-state index contributed by atoms with van der Waals surface area (Å²) >= 11 is 11.8. The van der Waals surface area contributed by atoms with E-state index in [1.807, 2.05) is 34.9 Å². The number of nitrogens with zero attached hydrogens (tertiary/aromatic N) is 1. The Morgan fingerprint density at radius 3 is 2.52 bits per heavy atom. The SMILES string of the molecule is COC(=O)c1c(CNC(C)=O)c2c(Br)c(Cl)ccc2n1CCCOc1cc(SCc2ccc(OC)cc2)cc2ccccc12. The number of halogens is 2. The molecular formula is C34H32BrClN2O5S. The Hall–Kier alpha value is -3.66. The first-order valence-corrected chi connectivity index (χ1v) is 16.2. The number of carbonyl (C=O) groups excluding carboxylic acids is 2. The van der Waals surface area contributed by atoms with E-state index in [4.69, 9.17) is 25.8 Å². The van der Waals surface area contributed by atoms with E-state index in [1.165, 1.54) is 19.6 Å². The molecule has 0 aliphatic rings. The first-order chi connectivity index (χ1) is 21.3. The Kier molecular flexibility index (Phi) is 10.4. The third kappa shape index (κ3) is 7.01.